The van der Waals surface area contributed by atoms with Crippen LogP contribution in [0.5, 0.6) is 0 Å². The minimum atomic E-state index is 0.812. The van der Waals surface area contributed by atoms with Gasteiger partial charge in [0.2, 0.25) is 0 Å². The maximum atomic E-state index is 4.71. The van der Waals surface area contributed by atoms with Crippen LogP contribution in [0.1, 0.15) is 5.56 Å². The Hall–Kier alpha value is -8.60. The minimum Gasteiger partial charge on any atom is -0.311 e. The van der Waals surface area contributed by atoms with Gasteiger partial charge in [0.15, 0.2) is 0 Å². The normalized spacial score (nSPS) is 14.0. The van der Waals surface area contributed by atoms with Crippen LogP contribution in [-0.4, -0.2) is 13.7 Å². The van der Waals surface area contributed by atoms with Crippen LogP contribution in [0.3, 0.4) is 0 Å². The molecule has 306 valence electrons. The highest BCUT2D eigenvalue weighted by Gasteiger charge is 2.22. The summed E-state index contributed by atoms with van der Waals surface area (Å²) in [7, 11) is 0. The summed E-state index contributed by atoms with van der Waals surface area (Å²) in [5.41, 5.74) is 16.7. The number of allylic oxidation sites excluding steroid dienone is 4. The molecule has 0 radical (unpaired) electrons. The van der Waals surface area contributed by atoms with E-state index in [4.69, 9.17) is 6.58 Å². The van der Waals surface area contributed by atoms with Crippen LogP contribution in [0.4, 0.5) is 11.4 Å². The lowest BCUT2D eigenvalue weighted by Gasteiger charge is -2.29. The minimum absolute atomic E-state index is 0.812. The van der Waals surface area contributed by atoms with Crippen molar-refractivity contribution >= 4 is 76.8 Å². The number of anilines is 2. The Morgan fingerprint density at radius 1 is 0.338 bits per heavy atom. The van der Waals surface area contributed by atoms with Crippen LogP contribution in [0, 0.1) is 0 Å². The third-order valence-electron chi connectivity index (χ3n) is 13.3. The molecule has 65 heavy (non-hydrogen) atoms. The van der Waals surface area contributed by atoms with Gasteiger partial charge in [-0.05, 0) is 108 Å². The summed E-state index contributed by atoms with van der Waals surface area (Å²) in [5, 5.41) is 7.38. The van der Waals surface area contributed by atoms with Gasteiger partial charge in [0, 0.05) is 66.5 Å². The number of rotatable bonds is 5. The molecular weight excluding hydrogens is 789 g/mol. The standard InChI is InChI=1S/C61H42N4/c1-41-19-3-2-4-20-42-21-5-12-28-55(42)62(41)45-35-43(36-46(39-45)63-56-29-13-6-22-49(56)50-23-7-14-30-57(50)63)44-37-47(64-58-31-15-8-24-51(58)52-25-9-16-32-59(52)64)40-48(38-44)65-60-33-17-10-26-53(60)54-27-11-18-34-61(54)65/h2-19,21-40H,1,20H2/b4-2-,19-3-. The van der Waals surface area contributed by atoms with E-state index in [9.17, 15) is 0 Å². The van der Waals surface area contributed by atoms with Crippen molar-refractivity contribution < 1.29 is 0 Å². The molecule has 0 spiro atoms. The van der Waals surface area contributed by atoms with Gasteiger partial charge in [0.05, 0.1) is 33.1 Å². The van der Waals surface area contributed by atoms with E-state index in [0.717, 1.165) is 62.7 Å². The van der Waals surface area contributed by atoms with Gasteiger partial charge in [0.1, 0.15) is 0 Å². The quantitative estimate of drug-likeness (QED) is 0.169. The summed E-state index contributed by atoms with van der Waals surface area (Å²) in [5.74, 6) is 0. The maximum absolute atomic E-state index is 4.71. The molecule has 0 saturated carbocycles. The zero-order chi connectivity index (χ0) is 43.0. The number of benzene rings is 9. The van der Waals surface area contributed by atoms with E-state index in [2.05, 4.69) is 249 Å². The van der Waals surface area contributed by atoms with Gasteiger partial charge in [0.25, 0.3) is 0 Å². The summed E-state index contributed by atoms with van der Waals surface area (Å²) in [4.78, 5) is 2.34. The van der Waals surface area contributed by atoms with E-state index in [1.54, 1.807) is 0 Å². The highest BCUT2D eigenvalue weighted by Crippen LogP contribution is 2.43. The van der Waals surface area contributed by atoms with Crippen LogP contribution in [0.2, 0.25) is 0 Å². The van der Waals surface area contributed by atoms with Crippen molar-refractivity contribution in [3.63, 3.8) is 0 Å². The lowest BCUT2D eigenvalue weighted by Crippen LogP contribution is -2.16. The van der Waals surface area contributed by atoms with E-state index in [1.807, 2.05) is 0 Å². The zero-order valence-corrected chi connectivity index (χ0v) is 35.6. The van der Waals surface area contributed by atoms with Crippen LogP contribution < -0.4 is 4.90 Å². The highest BCUT2D eigenvalue weighted by molar-refractivity contribution is 6.12. The molecule has 0 saturated heterocycles. The third-order valence-corrected chi connectivity index (χ3v) is 13.3. The summed E-state index contributed by atoms with van der Waals surface area (Å²) >= 11 is 0. The second-order valence-electron chi connectivity index (χ2n) is 17.0. The number of hydrogen-bond acceptors (Lipinski definition) is 1. The van der Waals surface area contributed by atoms with Crippen molar-refractivity contribution in [3.8, 4) is 28.2 Å². The predicted molar refractivity (Wildman–Crippen MR) is 275 cm³/mol. The number of hydrogen-bond donors (Lipinski definition) is 0. The highest BCUT2D eigenvalue weighted by atomic mass is 15.2. The molecule has 3 aromatic heterocycles. The monoisotopic (exact) mass is 830 g/mol. The Morgan fingerprint density at radius 3 is 1.09 bits per heavy atom. The Morgan fingerprint density at radius 2 is 0.677 bits per heavy atom. The fourth-order valence-corrected chi connectivity index (χ4v) is 10.5. The topological polar surface area (TPSA) is 18.0 Å². The Bertz CT molecular complexity index is 3670. The van der Waals surface area contributed by atoms with Gasteiger partial charge in [-0.2, -0.15) is 0 Å². The molecule has 1 aliphatic heterocycles. The number of aromatic nitrogens is 3. The van der Waals surface area contributed by atoms with Crippen LogP contribution in [-0.2, 0) is 6.42 Å². The lowest BCUT2D eigenvalue weighted by atomic mass is 10.0. The molecule has 0 amide bonds. The molecule has 0 bridgehead atoms. The molecule has 12 aromatic rings. The molecule has 1 aliphatic rings. The van der Waals surface area contributed by atoms with Crippen molar-refractivity contribution in [2.45, 2.75) is 6.42 Å². The number of para-hydroxylation sites is 7. The van der Waals surface area contributed by atoms with Gasteiger partial charge in [-0.1, -0.05) is 152 Å². The zero-order valence-electron chi connectivity index (χ0n) is 35.6. The number of fused-ring (bicyclic) bond motifs is 10. The fourth-order valence-electron chi connectivity index (χ4n) is 10.5. The Labute approximate surface area is 376 Å². The van der Waals surface area contributed by atoms with Crippen LogP contribution >= 0.6 is 0 Å². The lowest BCUT2D eigenvalue weighted by molar-refractivity contribution is 1.13. The van der Waals surface area contributed by atoms with Crippen molar-refractivity contribution in [1.29, 1.82) is 0 Å². The van der Waals surface area contributed by atoms with Gasteiger partial charge in [-0.15, -0.1) is 0 Å². The smallest absolute Gasteiger partial charge is 0.0541 e. The molecule has 0 fully saturated rings. The van der Waals surface area contributed by atoms with Crippen molar-refractivity contribution in [2.24, 2.45) is 0 Å². The molecule has 0 N–H and O–H groups in total. The fraction of sp³-hybridized carbons (Fsp3) is 0.0164. The van der Waals surface area contributed by atoms with E-state index in [-0.39, 0.29) is 0 Å². The number of nitrogens with zero attached hydrogens (tertiary/aromatic N) is 4. The van der Waals surface area contributed by atoms with Crippen molar-refractivity contribution in [1.82, 2.24) is 13.7 Å². The van der Waals surface area contributed by atoms with E-state index in [0.29, 0.717) is 0 Å². The molecule has 0 atom stereocenters. The first kappa shape index (κ1) is 37.0. The molecular formula is C61H42N4. The van der Waals surface area contributed by atoms with Crippen LogP contribution in [0.25, 0.3) is 93.6 Å². The Kier molecular flexibility index (Phi) is 8.40. The van der Waals surface area contributed by atoms with E-state index in [1.165, 1.54) is 59.9 Å². The van der Waals surface area contributed by atoms with E-state index < -0.39 is 0 Å². The van der Waals surface area contributed by atoms with Crippen molar-refractivity contribution in [2.75, 3.05) is 4.90 Å². The first-order chi connectivity index (χ1) is 32.2. The molecule has 13 rings (SSSR count). The summed E-state index contributed by atoms with van der Waals surface area (Å²) in [6.45, 7) is 4.71. The van der Waals surface area contributed by atoms with Gasteiger partial charge in [-0.25, -0.2) is 0 Å². The largest absolute Gasteiger partial charge is 0.311 e. The maximum Gasteiger partial charge on any atom is 0.0541 e. The van der Waals surface area contributed by atoms with Gasteiger partial charge >= 0.3 is 0 Å². The molecule has 0 aliphatic carbocycles. The molecule has 9 aromatic carbocycles. The van der Waals surface area contributed by atoms with Crippen molar-refractivity contribution in [3.05, 3.63) is 248 Å². The molecule has 4 heteroatoms. The van der Waals surface area contributed by atoms with E-state index >= 15 is 0 Å². The van der Waals surface area contributed by atoms with Crippen LogP contribution in [0.15, 0.2) is 243 Å². The first-order valence-corrected chi connectivity index (χ1v) is 22.3. The second kappa shape index (κ2) is 14.8. The molecule has 0 unspecified atom stereocenters. The first-order valence-electron chi connectivity index (χ1n) is 22.3. The SMILES string of the molecule is C=C1/C=C\C=C/Cc2ccccc2N1c1cc(-c2cc(-n3c4ccccc4c4ccccc43)cc(-n3c4ccccc4c4ccccc43)c2)cc(-n2c3ccccc3c3ccccc32)c1. The average Bonchev–Trinajstić information content (AvgIpc) is 4.01. The summed E-state index contributed by atoms with van der Waals surface area (Å²) in [6.07, 6.45) is 9.39. The average molecular weight is 831 g/mol. The van der Waals surface area contributed by atoms with Gasteiger partial charge in [-0.3, -0.25) is 0 Å². The van der Waals surface area contributed by atoms with Gasteiger partial charge < -0.3 is 18.6 Å². The predicted octanol–water partition coefficient (Wildman–Crippen LogP) is 16.0. The second-order valence-corrected chi connectivity index (χ2v) is 17.0. The Balaban J connectivity index is 1.15. The summed E-state index contributed by atoms with van der Waals surface area (Å²) in [6, 6.07) is 75.6. The summed E-state index contributed by atoms with van der Waals surface area (Å²) < 4.78 is 7.33. The molecule has 4 nitrogen and oxygen atoms in total. The third kappa shape index (κ3) is 5.85. The molecule has 4 heterocycles.